The second-order valence-corrected chi connectivity index (χ2v) is 12.5. The number of allylic oxidation sites excluding steroid dienone is 1. The Morgan fingerprint density at radius 2 is 1.73 bits per heavy atom. The van der Waals surface area contributed by atoms with Gasteiger partial charge < -0.3 is 0 Å². The monoisotopic (exact) mass is 352 g/mol. The molecule has 26 heavy (non-hydrogen) atoms. The molecule has 6 rings (SSSR count). The van der Waals surface area contributed by atoms with E-state index >= 15 is 0 Å². The van der Waals surface area contributed by atoms with E-state index in [9.17, 15) is 0 Å². The first-order valence-electron chi connectivity index (χ1n) is 12.1. The minimum absolute atomic E-state index is 0.631. The van der Waals surface area contributed by atoms with Gasteiger partial charge in [-0.05, 0) is 122 Å². The standard InChI is InChI=1S/C26H40/c1-16-7-11-25(4)22-9-12-26-15-18-13-20(18)17(2)21(26)5-6-23(26)19(22)8-10-24(25,3)14-16/h16,18-23H,2,5-15H2,1,3-4H3/t16-,18?,19?,20?,21?,22?,23?,24+,25?,26?/m1/s1. The zero-order valence-electron chi connectivity index (χ0n) is 17.5. The van der Waals surface area contributed by atoms with Crippen molar-refractivity contribution in [1.82, 2.24) is 0 Å². The predicted molar refractivity (Wildman–Crippen MR) is 109 cm³/mol. The van der Waals surface area contributed by atoms with E-state index in [1.54, 1.807) is 37.7 Å². The first-order valence-corrected chi connectivity index (χ1v) is 12.1. The Labute approximate surface area is 161 Å². The zero-order chi connectivity index (χ0) is 17.9. The van der Waals surface area contributed by atoms with Gasteiger partial charge in [-0.15, -0.1) is 0 Å². The third kappa shape index (κ3) is 1.84. The number of hydrogen-bond donors (Lipinski definition) is 0. The summed E-state index contributed by atoms with van der Waals surface area (Å²) >= 11 is 0. The van der Waals surface area contributed by atoms with Gasteiger partial charge in [0.1, 0.15) is 0 Å². The molecule has 0 nitrogen and oxygen atoms in total. The second kappa shape index (κ2) is 5.01. The molecule has 10 atom stereocenters. The van der Waals surface area contributed by atoms with Gasteiger partial charge in [0.15, 0.2) is 0 Å². The van der Waals surface area contributed by atoms with Crippen LogP contribution in [0, 0.1) is 57.7 Å². The fraction of sp³-hybridized carbons (Fsp3) is 0.923. The maximum absolute atomic E-state index is 4.67. The summed E-state index contributed by atoms with van der Waals surface area (Å²) in [5.41, 5.74) is 3.70. The van der Waals surface area contributed by atoms with E-state index in [1.165, 1.54) is 38.5 Å². The van der Waals surface area contributed by atoms with Gasteiger partial charge in [0, 0.05) is 0 Å². The van der Waals surface area contributed by atoms with Crippen LogP contribution in [0.3, 0.4) is 0 Å². The highest BCUT2D eigenvalue weighted by molar-refractivity contribution is 5.28. The highest BCUT2D eigenvalue weighted by atomic mass is 14.7. The fourth-order valence-corrected chi connectivity index (χ4v) is 10.4. The van der Waals surface area contributed by atoms with Crippen LogP contribution in [0.1, 0.15) is 91.4 Å². The van der Waals surface area contributed by atoms with Gasteiger partial charge >= 0.3 is 0 Å². The van der Waals surface area contributed by atoms with Crippen LogP contribution in [0.4, 0.5) is 0 Å². The SMILES string of the molecule is C=C1C2CC2CC23CCC4C(CC[C@@]5(C)C[C@H](C)CCC45C)C2CCC13. The molecule has 0 aromatic heterocycles. The van der Waals surface area contributed by atoms with Crippen LogP contribution < -0.4 is 0 Å². The third-order valence-electron chi connectivity index (χ3n) is 11.8. The molecule has 144 valence electrons. The minimum Gasteiger partial charge on any atom is -0.0993 e. The van der Waals surface area contributed by atoms with Crippen LogP contribution in [-0.2, 0) is 0 Å². The Hall–Kier alpha value is -0.260. The van der Waals surface area contributed by atoms with Gasteiger partial charge in [-0.25, -0.2) is 0 Å². The Morgan fingerprint density at radius 3 is 2.58 bits per heavy atom. The highest BCUT2D eigenvalue weighted by Gasteiger charge is 2.67. The number of fused-ring (bicyclic) bond motifs is 5. The van der Waals surface area contributed by atoms with Crippen molar-refractivity contribution in [1.29, 1.82) is 0 Å². The lowest BCUT2D eigenvalue weighted by molar-refractivity contribution is -0.164. The molecule has 6 fully saturated rings. The Kier molecular flexibility index (Phi) is 3.21. The van der Waals surface area contributed by atoms with Crippen LogP contribution >= 0.6 is 0 Å². The second-order valence-electron chi connectivity index (χ2n) is 12.5. The molecule has 6 aliphatic carbocycles. The summed E-state index contributed by atoms with van der Waals surface area (Å²) < 4.78 is 0. The lowest BCUT2D eigenvalue weighted by atomic mass is 9.39. The van der Waals surface area contributed by atoms with Crippen LogP contribution in [0.25, 0.3) is 0 Å². The molecular weight excluding hydrogens is 312 g/mol. The summed E-state index contributed by atoms with van der Waals surface area (Å²) in [6.07, 6.45) is 16.9. The summed E-state index contributed by atoms with van der Waals surface area (Å²) in [7, 11) is 0. The Bertz CT molecular complexity index is 646. The summed E-state index contributed by atoms with van der Waals surface area (Å²) in [5, 5.41) is 0. The first-order chi connectivity index (χ1) is 12.4. The zero-order valence-corrected chi connectivity index (χ0v) is 17.5. The minimum atomic E-state index is 0.631. The molecule has 0 heterocycles. The molecule has 6 saturated carbocycles. The number of hydrogen-bond acceptors (Lipinski definition) is 0. The van der Waals surface area contributed by atoms with E-state index in [0.717, 1.165) is 41.4 Å². The fourth-order valence-electron chi connectivity index (χ4n) is 10.4. The summed E-state index contributed by atoms with van der Waals surface area (Å²) in [6.45, 7) is 12.6. The molecule has 0 radical (unpaired) electrons. The molecule has 8 unspecified atom stereocenters. The van der Waals surface area contributed by atoms with Gasteiger partial charge in [0.25, 0.3) is 0 Å². The van der Waals surface area contributed by atoms with Crippen LogP contribution in [0.15, 0.2) is 12.2 Å². The predicted octanol–water partition coefficient (Wildman–Crippen LogP) is 7.25. The lowest BCUT2D eigenvalue weighted by Crippen LogP contribution is -2.58. The van der Waals surface area contributed by atoms with E-state index in [1.807, 2.05) is 0 Å². The third-order valence-corrected chi connectivity index (χ3v) is 11.8. The highest BCUT2D eigenvalue weighted by Crippen LogP contribution is 2.76. The summed E-state index contributed by atoms with van der Waals surface area (Å²) in [4.78, 5) is 0. The summed E-state index contributed by atoms with van der Waals surface area (Å²) in [5.74, 6) is 7.04. The van der Waals surface area contributed by atoms with Gasteiger partial charge in [0.05, 0.1) is 0 Å². The molecule has 0 N–H and O–H groups in total. The van der Waals surface area contributed by atoms with E-state index in [4.69, 9.17) is 0 Å². The van der Waals surface area contributed by atoms with Crippen LogP contribution in [-0.4, -0.2) is 0 Å². The molecule has 0 aromatic rings. The van der Waals surface area contributed by atoms with Crippen molar-refractivity contribution < 1.29 is 0 Å². The molecule has 0 bridgehead atoms. The van der Waals surface area contributed by atoms with Crippen molar-refractivity contribution in [3.8, 4) is 0 Å². The van der Waals surface area contributed by atoms with E-state index < -0.39 is 0 Å². The summed E-state index contributed by atoms with van der Waals surface area (Å²) in [6, 6.07) is 0. The quantitative estimate of drug-likeness (QED) is 0.403. The van der Waals surface area contributed by atoms with Gasteiger partial charge in [-0.2, -0.15) is 0 Å². The average molecular weight is 353 g/mol. The average Bonchev–Trinajstić information content (AvgIpc) is 3.26. The topological polar surface area (TPSA) is 0 Å². The molecule has 6 aliphatic rings. The van der Waals surface area contributed by atoms with Gasteiger partial charge in [0.2, 0.25) is 0 Å². The van der Waals surface area contributed by atoms with Crippen molar-refractivity contribution >= 4 is 0 Å². The van der Waals surface area contributed by atoms with Crippen molar-refractivity contribution in [3.05, 3.63) is 12.2 Å². The van der Waals surface area contributed by atoms with Gasteiger partial charge in [-0.3, -0.25) is 0 Å². The molecule has 0 saturated heterocycles. The molecule has 0 heteroatoms. The van der Waals surface area contributed by atoms with Crippen LogP contribution in [0.5, 0.6) is 0 Å². The smallest absolute Gasteiger partial charge is 0.0143 e. The Morgan fingerprint density at radius 1 is 0.885 bits per heavy atom. The largest absolute Gasteiger partial charge is 0.0993 e. The van der Waals surface area contributed by atoms with Crippen LogP contribution in [0.2, 0.25) is 0 Å². The van der Waals surface area contributed by atoms with Crippen molar-refractivity contribution in [3.63, 3.8) is 0 Å². The van der Waals surface area contributed by atoms with Crippen molar-refractivity contribution in [2.24, 2.45) is 57.7 Å². The van der Waals surface area contributed by atoms with Crippen molar-refractivity contribution in [2.75, 3.05) is 0 Å². The van der Waals surface area contributed by atoms with Crippen molar-refractivity contribution in [2.45, 2.75) is 91.4 Å². The van der Waals surface area contributed by atoms with E-state index in [2.05, 4.69) is 27.4 Å². The molecule has 1 spiro atoms. The molecular formula is C26H40. The maximum Gasteiger partial charge on any atom is -0.0143 e. The Balaban J connectivity index is 1.35. The van der Waals surface area contributed by atoms with E-state index in [-0.39, 0.29) is 0 Å². The normalized spacial score (nSPS) is 63.2. The molecule has 0 amide bonds. The lowest BCUT2D eigenvalue weighted by Gasteiger charge is -2.66. The number of rotatable bonds is 0. The van der Waals surface area contributed by atoms with Gasteiger partial charge in [-0.1, -0.05) is 39.3 Å². The molecule has 0 aromatic carbocycles. The maximum atomic E-state index is 4.67. The molecule has 0 aliphatic heterocycles. The van der Waals surface area contributed by atoms with E-state index in [0.29, 0.717) is 16.2 Å². The first kappa shape index (κ1) is 16.7.